The van der Waals surface area contributed by atoms with Gasteiger partial charge in [0.25, 0.3) is 11.8 Å². The third kappa shape index (κ3) is 3.05. The third-order valence-corrected chi connectivity index (χ3v) is 3.56. The molecule has 4 N–H and O–H groups in total. The van der Waals surface area contributed by atoms with Gasteiger partial charge in [-0.15, -0.1) is 17.9 Å². The van der Waals surface area contributed by atoms with Gasteiger partial charge in [0.2, 0.25) is 0 Å². The minimum absolute atomic E-state index is 0.203. The van der Waals surface area contributed by atoms with Crippen LogP contribution >= 0.6 is 11.3 Å². The second-order valence-electron chi connectivity index (χ2n) is 4.00. The summed E-state index contributed by atoms with van der Waals surface area (Å²) in [5, 5.41) is 6.11. The van der Waals surface area contributed by atoms with Crippen LogP contribution in [0.1, 0.15) is 20.0 Å². The number of thiophene rings is 1. The highest BCUT2D eigenvalue weighted by Gasteiger charge is 2.25. The first-order valence-electron chi connectivity index (χ1n) is 5.64. The Bertz CT molecular complexity index is 508. The molecule has 1 rings (SSSR count). The van der Waals surface area contributed by atoms with E-state index in [4.69, 9.17) is 5.73 Å². The number of carbonyl (C=O) groups is 2. The molecule has 0 saturated heterocycles. The molecular formula is C12H18N4O2S. The zero-order chi connectivity index (χ0) is 14.6. The largest absolute Gasteiger partial charge is 0.397 e. The lowest BCUT2D eigenvalue weighted by atomic mass is 10.2. The molecule has 0 fully saturated rings. The van der Waals surface area contributed by atoms with Crippen molar-refractivity contribution in [3.05, 3.63) is 23.1 Å². The number of rotatable bonds is 5. The summed E-state index contributed by atoms with van der Waals surface area (Å²) in [5.41, 5.74) is 6.44. The molecule has 0 aliphatic carbocycles. The lowest BCUT2D eigenvalue weighted by molar-refractivity contribution is 0.0833. The van der Waals surface area contributed by atoms with Crippen LogP contribution in [0.25, 0.3) is 0 Å². The molecule has 0 spiro atoms. The molecule has 0 radical (unpaired) electrons. The monoisotopic (exact) mass is 282 g/mol. The smallest absolute Gasteiger partial charge is 0.265 e. The summed E-state index contributed by atoms with van der Waals surface area (Å²) >= 11 is 1.17. The van der Waals surface area contributed by atoms with E-state index in [9.17, 15) is 9.59 Å². The normalized spacial score (nSPS) is 9.84. The van der Waals surface area contributed by atoms with Gasteiger partial charge in [0, 0.05) is 27.7 Å². The predicted octanol–water partition coefficient (Wildman–Crippen LogP) is 0.990. The second-order valence-corrected chi connectivity index (χ2v) is 5.02. The van der Waals surface area contributed by atoms with E-state index in [0.29, 0.717) is 22.0 Å². The van der Waals surface area contributed by atoms with Crippen LogP contribution in [-0.2, 0) is 0 Å². The Morgan fingerprint density at radius 3 is 2.58 bits per heavy atom. The summed E-state index contributed by atoms with van der Waals surface area (Å²) in [6, 6.07) is 0. The Hall–Kier alpha value is -2.02. The molecular weight excluding hydrogens is 264 g/mol. The molecule has 2 amide bonds. The van der Waals surface area contributed by atoms with Gasteiger partial charge in [-0.1, -0.05) is 6.08 Å². The van der Waals surface area contributed by atoms with Crippen molar-refractivity contribution in [3.63, 3.8) is 0 Å². The van der Waals surface area contributed by atoms with Gasteiger partial charge >= 0.3 is 0 Å². The van der Waals surface area contributed by atoms with Gasteiger partial charge < -0.3 is 21.3 Å². The molecule has 0 unspecified atom stereocenters. The van der Waals surface area contributed by atoms with Crippen molar-refractivity contribution >= 4 is 33.8 Å². The van der Waals surface area contributed by atoms with Crippen molar-refractivity contribution < 1.29 is 9.59 Å². The summed E-state index contributed by atoms with van der Waals surface area (Å²) in [6.45, 7) is 4.08. The van der Waals surface area contributed by atoms with Crippen LogP contribution in [0.5, 0.6) is 0 Å². The summed E-state index contributed by atoms with van der Waals surface area (Å²) in [7, 11) is 4.79. The van der Waals surface area contributed by atoms with E-state index in [1.165, 1.54) is 23.3 Å². The standard InChI is InChI=1S/C12H18N4O2S/c1-5-6-15-11-7(10(17)14-2)8(13)9(19-11)12(18)16(3)4/h5,15H,1,6,13H2,2-4H3,(H,14,17). The van der Waals surface area contributed by atoms with Crippen molar-refractivity contribution in [1.29, 1.82) is 0 Å². The van der Waals surface area contributed by atoms with Crippen LogP contribution in [0.3, 0.4) is 0 Å². The van der Waals surface area contributed by atoms with Crippen LogP contribution in [0.2, 0.25) is 0 Å². The molecule has 104 valence electrons. The van der Waals surface area contributed by atoms with Crippen LogP contribution in [0.4, 0.5) is 10.7 Å². The molecule has 19 heavy (non-hydrogen) atoms. The van der Waals surface area contributed by atoms with Gasteiger partial charge in [0.1, 0.15) is 9.88 Å². The van der Waals surface area contributed by atoms with Gasteiger partial charge in [0.05, 0.1) is 11.3 Å². The van der Waals surface area contributed by atoms with Gasteiger partial charge in [-0.05, 0) is 0 Å². The van der Waals surface area contributed by atoms with E-state index >= 15 is 0 Å². The van der Waals surface area contributed by atoms with E-state index in [2.05, 4.69) is 17.2 Å². The molecule has 0 aliphatic heterocycles. The Morgan fingerprint density at radius 1 is 1.47 bits per heavy atom. The molecule has 7 heteroatoms. The Morgan fingerprint density at radius 2 is 2.11 bits per heavy atom. The highest BCUT2D eigenvalue weighted by molar-refractivity contribution is 7.19. The number of nitrogen functional groups attached to an aromatic ring is 1. The minimum Gasteiger partial charge on any atom is -0.397 e. The van der Waals surface area contributed by atoms with Gasteiger partial charge in [-0.2, -0.15) is 0 Å². The van der Waals surface area contributed by atoms with Gasteiger partial charge in [-0.25, -0.2) is 0 Å². The number of amides is 2. The van der Waals surface area contributed by atoms with Crippen LogP contribution in [0, 0.1) is 0 Å². The minimum atomic E-state index is -0.321. The molecule has 0 bridgehead atoms. The van der Waals surface area contributed by atoms with E-state index in [1.807, 2.05) is 0 Å². The zero-order valence-corrected chi connectivity index (χ0v) is 12.1. The average molecular weight is 282 g/mol. The summed E-state index contributed by atoms with van der Waals surface area (Å²) in [6.07, 6.45) is 1.66. The van der Waals surface area contributed by atoms with E-state index in [0.717, 1.165) is 0 Å². The van der Waals surface area contributed by atoms with E-state index in [1.54, 1.807) is 20.2 Å². The molecule has 1 aromatic heterocycles. The number of nitrogens with one attached hydrogen (secondary N) is 2. The first kappa shape index (κ1) is 15.0. The predicted molar refractivity (Wildman–Crippen MR) is 78.8 cm³/mol. The molecule has 1 aromatic rings. The van der Waals surface area contributed by atoms with Crippen molar-refractivity contribution in [2.45, 2.75) is 0 Å². The Balaban J connectivity index is 3.29. The number of hydrogen-bond donors (Lipinski definition) is 3. The number of nitrogens with zero attached hydrogens (tertiary/aromatic N) is 1. The van der Waals surface area contributed by atoms with Gasteiger partial charge in [-0.3, -0.25) is 9.59 Å². The molecule has 0 aromatic carbocycles. The number of hydrogen-bond acceptors (Lipinski definition) is 5. The fourth-order valence-corrected chi connectivity index (χ4v) is 2.59. The third-order valence-electron chi connectivity index (χ3n) is 2.41. The van der Waals surface area contributed by atoms with E-state index in [-0.39, 0.29) is 17.5 Å². The van der Waals surface area contributed by atoms with E-state index < -0.39 is 0 Å². The molecule has 0 aliphatic rings. The van der Waals surface area contributed by atoms with Crippen LogP contribution in [0.15, 0.2) is 12.7 Å². The summed E-state index contributed by atoms with van der Waals surface area (Å²) in [5.74, 6) is -0.544. The van der Waals surface area contributed by atoms with Crippen molar-refractivity contribution in [1.82, 2.24) is 10.2 Å². The molecule has 6 nitrogen and oxygen atoms in total. The lowest BCUT2D eigenvalue weighted by Crippen LogP contribution is -2.23. The highest BCUT2D eigenvalue weighted by Crippen LogP contribution is 2.36. The molecule has 0 saturated carbocycles. The number of anilines is 2. The van der Waals surface area contributed by atoms with Crippen molar-refractivity contribution in [3.8, 4) is 0 Å². The maximum absolute atomic E-state index is 12.0. The fourth-order valence-electron chi connectivity index (χ4n) is 1.45. The Labute approximate surface area is 116 Å². The molecule has 0 atom stereocenters. The second kappa shape index (κ2) is 6.24. The maximum Gasteiger partial charge on any atom is 0.265 e. The summed E-state index contributed by atoms with van der Waals surface area (Å²) < 4.78 is 0. The average Bonchev–Trinajstić information content (AvgIpc) is 2.71. The first-order chi connectivity index (χ1) is 8.93. The fraction of sp³-hybridized carbons (Fsp3) is 0.333. The SMILES string of the molecule is C=CCNc1sc(C(=O)N(C)C)c(N)c1C(=O)NC. The topological polar surface area (TPSA) is 87.5 Å². The number of nitrogens with two attached hydrogens (primary N) is 1. The highest BCUT2D eigenvalue weighted by atomic mass is 32.1. The first-order valence-corrected chi connectivity index (χ1v) is 6.46. The number of carbonyl (C=O) groups excluding carboxylic acids is 2. The Kier molecular flexibility index (Phi) is 4.94. The van der Waals surface area contributed by atoms with Crippen molar-refractivity contribution in [2.24, 2.45) is 0 Å². The molecule has 1 heterocycles. The van der Waals surface area contributed by atoms with Crippen LogP contribution in [-0.4, -0.2) is 44.4 Å². The lowest BCUT2D eigenvalue weighted by Gasteiger charge is -2.08. The maximum atomic E-state index is 12.0. The quantitative estimate of drug-likeness (QED) is 0.703. The van der Waals surface area contributed by atoms with Crippen LogP contribution < -0.4 is 16.4 Å². The van der Waals surface area contributed by atoms with Crippen molar-refractivity contribution in [2.75, 3.05) is 38.7 Å². The van der Waals surface area contributed by atoms with Gasteiger partial charge in [0.15, 0.2) is 0 Å². The summed E-state index contributed by atoms with van der Waals surface area (Å²) in [4.78, 5) is 25.6. The zero-order valence-electron chi connectivity index (χ0n) is 11.2.